The Hall–Kier alpha value is -4.96. The van der Waals surface area contributed by atoms with Crippen molar-refractivity contribution in [2.24, 2.45) is 4.36 Å². The van der Waals surface area contributed by atoms with Crippen LogP contribution in [-0.4, -0.2) is 31.8 Å². The van der Waals surface area contributed by atoms with E-state index in [1.54, 1.807) is 4.68 Å². The van der Waals surface area contributed by atoms with Gasteiger partial charge in [0.25, 0.3) is 0 Å². The third-order valence-electron chi connectivity index (χ3n) is 10.4. The average Bonchev–Trinajstić information content (AvgIpc) is 3.92. The van der Waals surface area contributed by atoms with Crippen molar-refractivity contribution in [2.75, 3.05) is 5.32 Å². The molecule has 1 aliphatic heterocycles. The van der Waals surface area contributed by atoms with Gasteiger partial charge in [-0.3, -0.25) is 0 Å². The van der Waals surface area contributed by atoms with Gasteiger partial charge in [0, 0.05) is 18.5 Å². The van der Waals surface area contributed by atoms with Crippen LogP contribution in [0.2, 0.25) is 0 Å². The van der Waals surface area contributed by atoms with Crippen LogP contribution in [0.3, 0.4) is 0 Å². The summed E-state index contributed by atoms with van der Waals surface area (Å²) in [6.07, 6.45) is 4.38. The van der Waals surface area contributed by atoms with Crippen LogP contribution in [0.5, 0.6) is 5.88 Å². The summed E-state index contributed by atoms with van der Waals surface area (Å²) >= 11 is 0. The first-order chi connectivity index (χ1) is 24.2. The maximum atomic E-state index is 16.0. The summed E-state index contributed by atoms with van der Waals surface area (Å²) in [5.74, 6) is 0.313. The van der Waals surface area contributed by atoms with Gasteiger partial charge >= 0.3 is 6.03 Å². The maximum Gasteiger partial charge on any atom is 0.331 e. The Kier molecular flexibility index (Phi) is 8.01. The molecule has 0 unspecified atom stereocenters. The van der Waals surface area contributed by atoms with E-state index in [0.29, 0.717) is 31.0 Å². The number of rotatable bonds is 8. The molecule has 256 valence electrons. The van der Waals surface area contributed by atoms with E-state index in [1.807, 2.05) is 105 Å². The lowest BCUT2D eigenvalue weighted by Crippen LogP contribution is -2.38. The van der Waals surface area contributed by atoms with E-state index >= 15 is 4.21 Å². The zero-order chi connectivity index (χ0) is 34.5. The van der Waals surface area contributed by atoms with Crippen molar-refractivity contribution in [1.29, 1.82) is 0 Å². The molecule has 2 amide bonds. The molecule has 4 aromatic carbocycles. The van der Waals surface area contributed by atoms with E-state index < -0.39 is 33.3 Å². The SMILES string of the molecule is CC[C@@]1(C)Cn2ncc([S@](=O)(=NC(c3ccccc3)(c3ccccc3)c3ccccc3)NC(=O)Nc3c4c(cc5c3C[C@H](F)C5)CCC4)c2O1. The summed E-state index contributed by atoms with van der Waals surface area (Å²) in [5.41, 5.74) is 4.94. The molecule has 0 radical (unpaired) electrons. The molecule has 0 bridgehead atoms. The number of alkyl halides is 1. The van der Waals surface area contributed by atoms with Crippen LogP contribution in [-0.2, 0) is 47.7 Å². The zero-order valence-corrected chi connectivity index (χ0v) is 29.0. The minimum absolute atomic E-state index is 0.185. The fourth-order valence-electron chi connectivity index (χ4n) is 7.76. The molecule has 2 aliphatic carbocycles. The number of nitrogens with zero attached hydrogens (tertiary/aromatic N) is 3. The number of halogens is 1. The third kappa shape index (κ3) is 5.46. The van der Waals surface area contributed by atoms with Gasteiger partial charge in [-0.25, -0.2) is 22.8 Å². The number of urea groups is 1. The van der Waals surface area contributed by atoms with Gasteiger partial charge in [-0.2, -0.15) is 9.46 Å². The normalized spacial score (nSPS) is 20.3. The van der Waals surface area contributed by atoms with Gasteiger partial charge in [0.1, 0.15) is 22.2 Å². The molecule has 3 aliphatic rings. The van der Waals surface area contributed by atoms with Crippen LogP contribution in [0.25, 0.3) is 0 Å². The highest BCUT2D eigenvalue weighted by Gasteiger charge is 2.43. The molecule has 8 nitrogen and oxygen atoms in total. The highest BCUT2D eigenvalue weighted by molar-refractivity contribution is 7.92. The molecule has 1 aromatic heterocycles. The largest absolute Gasteiger partial charge is 0.469 e. The Morgan fingerprint density at radius 2 is 1.58 bits per heavy atom. The molecule has 0 spiro atoms. The van der Waals surface area contributed by atoms with Crippen molar-refractivity contribution in [3.8, 4) is 5.88 Å². The van der Waals surface area contributed by atoms with E-state index in [4.69, 9.17) is 9.10 Å². The third-order valence-corrected chi connectivity index (χ3v) is 12.3. The van der Waals surface area contributed by atoms with Gasteiger partial charge in [-0.15, -0.1) is 0 Å². The van der Waals surface area contributed by atoms with Crippen molar-refractivity contribution >= 4 is 21.6 Å². The molecule has 5 aromatic rings. The summed E-state index contributed by atoms with van der Waals surface area (Å²) in [6, 6.07) is 30.5. The van der Waals surface area contributed by atoms with E-state index in [9.17, 15) is 9.18 Å². The second-order valence-corrected chi connectivity index (χ2v) is 15.6. The Morgan fingerprint density at radius 1 is 0.960 bits per heavy atom. The highest BCUT2D eigenvalue weighted by atomic mass is 32.2. The molecule has 10 heteroatoms. The zero-order valence-electron chi connectivity index (χ0n) is 28.2. The number of amides is 2. The minimum atomic E-state index is -3.89. The summed E-state index contributed by atoms with van der Waals surface area (Å²) in [6.45, 7) is 4.49. The van der Waals surface area contributed by atoms with Gasteiger partial charge in [0.05, 0.1) is 12.7 Å². The van der Waals surface area contributed by atoms with Gasteiger partial charge < -0.3 is 10.1 Å². The number of hydrogen-bond acceptors (Lipinski definition) is 5. The van der Waals surface area contributed by atoms with Crippen LogP contribution >= 0.6 is 0 Å². The number of aryl methyl sites for hydroxylation is 1. The molecule has 0 fully saturated rings. The van der Waals surface area contributed by atoms with Gasteiger partial charge in [-0.1, -0.05) is 104 Å². The molecule has 3 atom stereocenters. The molecule has 2 heterocycles. The summed E-state index contributed by atoms with van der Waals surface area (Å²) in [7, 11) is -3.89. The van der Waals surface area contributed by atoms with Crippen LogP contribution in [0.15, 0.2) is 113 Å². The number of hydrogen-bond donors (Lipinski definition) is 2. The molecule has 2 N–H and O–H groups in total. The quantitative estimate of drug-likeness (QED) is 0.162. The first kappa shape index (κ1) is 32.3. The predicted octanol–water partition coefficient (Wildman–Crippen LogP) is 7.93. The standard InChI is InChI=1S/C40H40FN5O3S/c1-3-39(2)26-46-37(49-39)35(25-42-46)50(48,44-38(47)43-36-33-21-13-14-27(33)22-28-23-32(41)24-34(28)36)45-40(29-15-7-4-8-16-29,30-17-9-5-10-18-30)31-19-11-6-12-20-31/h4-12,15-20,22,25,32H,3,13-14,21,23-24,26H2,1-2H3,(H2,43,44,45,47,48)/t32-,39+,50-/m1/s1. The number of nitrogens with one attached hydrogen (secondary N) is 2. The van der Waals surface area contributed by atoms with Crippen molar-refractivity contribution < 1.29 is 18.1 Å². The number of ether oxygens (including phenoxy) is 1. The predicted molar refractivity (Wildman–Crippen MR) is 193 cm³/mol. The van der Waals surface area contributed by atoms with E-state index in [-0.39, 0.29) is 11.3 Å². The van der Waals surface area contributed by atoms with Crippen molar-refractivity contribution in [2.45, 2.75) is 81.1 Å². The van der Waals surface area contributed by atoms with Crippen LogP contribution in [0, 0.1) is 0 Å². The van der Waals surface area contributed by atoms with E-state index in [0.717, 1.165) is 58.2 Å². The molecule has 0 saturated heterocycles. The Balaban J connectivity index is 1.34. The monoisotopic (exact) mass is 689 g/mol. The number of fused-ring (bicyclic) bond motifs is 3. The number of carbonyl (C=O) groups is 1. The van der Waals surface area contributed by atoms with Gasteiger partial charge in [-0.05, 0) is 71.6 Å². The molecule has 8 rings (SSSR count). The van der Waals surface area contributed by atoms with Crippen molar-refractivity contribution in [1.82, 2.24) is 14.5 Å². The topological polar surface area (TPSA) is 97.6 Å². The minimum Gasteiger partial charge on any atom is -0.469 e. The summed E-state index contributed by atoms with van der Waals surface area (Å²) in [4.78, 5) is 14.5. The molecular formula is C40H40FN5O3S. The number of carbonyl (C=O) groups excluding carboxylic acids is 1. The second-order valence-electron chi connectivity index (χ2n) is 13.7. The smallest absolute Gasteiger partial charge is 0.331 e. The number of anilines is 1. The first-order valence-corrected chi connectivity index (χ1v) is 18.8. The van der Waals surface area contributed by atoms with Crippen LogP contribution < -0.4 is 14.8 Å². The number of aromatic nitrogens is 2. The summed E-state index contributed by atoms with van der Waals surface area (Å²) in [5, 5.41) is 7.64. The lowest BCUT2D eigenvalue weighted by molar-refractivity contribution is 0.105. The first-order valence-electron chi connectivity index (χ1n) is 17.3. The van der Waals surface area contributed by atoms with Gasteiger partial charge in [0.2, 0.25) is 5.88 Å². The lowest BCUT2D eigenvalue weighted by Gasteiger charge is -2.33. The molecular weight excluding hydrogens is 650 g/mol. The maximum absolute atomic E-state index is 16.0. The lowest BCUT2D eigenvalue weighted by atomic mass is 9.78. The Labute approximate surface area is 292 Å². The fraction of sp³-hybridized carbons (Fsp3) is 0.300. The number of benzene rings is 4. The molecule has 50 heavy (non-hydrogen) atoms. The Bertz CT molecular complexity index is 2100. The van der Waals surface area contributed by atoms with Crippen LogP contribution in [0.1, 0.15) is 65.6 Å². The summed E-state index contributed by atoms with van der Waals surface area (Å²) < 4.78 is 47.2. The van der Waals surface area contributed by atoms with Crippen LogP contribution in [0.4, 0.5) is 14.9 Å². The fourth-order valence-corrected chi connectivity index (χ4v) is 9.59. The van der Waals surface area contributed by atoms with E-state index in [2.05, 4.69) is 21.2 Å². The second kappa shape index (κ2) is 12.4. The molecule has 0 saturated carbocycles. The van der Waals surface area contributed by atoms with Crippen molar-refractivity contribution in [3.63, 3.8) is 0 Å². The average molecular weight is 690 g/mol. The highest BCUT2D eigenvalue weighted by Crippen LogP contribution is 2.45. The Morgan fingerprint density at radius 3 is 2.18 bits per heavy atom. The van der Waals surface area contributed by atoms with Crippen molar-refractivity contribution in [3.05, 3.63) is 142 Å². The van der Waals surface area contributed by atoms with Gasteiger partial charge in [0.15, 0.2) is 9.92 Å². The van der Waals surface area contributed by atoms with E-state index in [1.165, 1.54) is 6.20 Å².